The second-order valence-electron chi connectivity index (χ2n) is 11.9. The Morgan fingerprint density at radius 1 is 0.970 bits per heavy atom. The van der Waals surface area contributed by atoms with Gasteiger partial charge in [0.05, 0.1) is 12.2 Å². The van der Waals surface area contributed by atoms with Crippen LogP contribution < -0.4 is 5.32 Å². The maximum absolute atomic E-state index is 12.9. The van der Waals surface area contributed by atoms with Gasteiger partial charge in [0.1, 0.15) is 0 Å². The minimum Gasteiger partial charge on any atom is -0.395 e. The molecule has 0 atom stereocenters. The molecule has 2 N–H and O–H groups in total. The number of amides is 1. The number of carbonyl (C=O) groups is 1. The number of aliphatic hydroxyl groups is 1. The highest BCUT2D eigenvalue weighted by Crippen LogP contribution is 2.36. The van der Waals surface area contributed by atoms with Crippen molar-refractivity contribution in [3.63, 3.8) is 0 Å². The van der Waals surface area contributed by atoms with Gasteiger partial charge >= 0.3 is 0 Å². The largest absolute Gasteiger partial charge is 0.395 e. The molecule has 1 aromatic heterocycles. The number of rotatable bonds is 6. The number of nitrogens with zero attached hydrogens (tertiary/aromatic N) is 1. The van der Waals surface area contributed by atoms with Crippen LogP contribution in [0, 0.1) is 12.8 Å². The first-order valence-electron chi connectivity index (χ1n) is 12.7. The SMILES string of the molecule is Cc1c(C(=O)NCCO)cc(-c2cc(C(C)(C)C)cc(C(C)(C)C)c2)n1CC1CCCCC1. The van der Waals surface area contributed by atoms with Crippen LogP contribution in [0.4, 0.5) is 0 Å². The lowest BCUT2D eigenvalue weighted by molar-refractivity contribution is 0.0944. The molecule has 1 amide bonds. The molecule has 1 aromatic carbocycles. The third kappa shape index (κ3) is 6.09. The van der Waals surface area contributed by atoms with Gasteiger partial charge in [0.15, 0.2) is 0 Å². The smallest absolute Gasteiger partial charge is 0.253 e. The van der Waals surface area contributed by atoms with Crippen molar-refractivity contribution in [1.29, 1.82) is 0 Å². The van der Waals surface area contributed by atoms with Crippen LogP contribution in [0.2, 0.25) is 0 Å². The topological polar surface area (TPSA) is 54.3 Å². The number of hydrogen-bond donors (Lipinski definition) is 2. The zero-order valence-electron chi connectivity index (χ0n) is 21.8. The molecule has 3 rings (SSSR count). The number of carbonyl (C=O) groups excluding carboxylic acids is 1. The number of aromatic nitrogens is 1. The fourth-order valence-corrected chi connectivity index (χ4v) is 4.88. The van der Waals surface area contributed by atoms with Crippen LogP contribution in [0.5, 0.6) is 0 Å². The van der Waals surface area contributed by atoms with Crippen molar-refractivity contribution >= 4 is 5.91 Å². The average Bonchev–Trinajstić information content (AvgIpc) is 3.07. The zero-order valence-corrected chi connectivity index (χ0v) is 21.8. The Morgan fingerprint density at radius 3 is 2.06 bits per heavy atom. The maximum atomic E-state index is 12.9. The van der Waals surface area contributed by atoms with E-state index in [-0.39, 0.29) is 29.9 Å². The lowest BCUT2D eigenvalue weighted by Crippen LogP contribution is -2.27. The number of nitrogens with one attached hydrogen (secondary N) is 1. The van der Waals surface area contributed by atoms with Gasteiger partial charge in [-0.25, -0.2) is 0 Å². The highest BCUT2D eigenvalue weighted by Gasteiger charge is 2.25. The Balaban J connectivity index is 2.16. The summed E-state index contributed by atoms with van der Waals surface area (Å²) in [6.45, 7) is 16.8. The molecular formula is C29H44N2O2. The Labute approximate surface area is 200 Å². The van der Waals surface area contributed by atoms with Gasteiger partial charge in [0.25, 0.3) is 5.91 Å². The van der Waals surface area contributed by atoms with Gasteiger partial charge in [-0.3, -0.25) is 4.79 Å². The van der Waals surface area contributed by atoms with Gasteiger partial charge < -0.3 is 15.0 Å². The van der Waals surface area contributed by atoms with E-state index in [0.29, 0.717) is 11.5 Å². The lowest BCUT2D eigenvalue weighted by atomic mass is 9.79. The van der Waals surface area contributed by atoms with Crippen molar-refractivity contribution in [3.05, 3.63) is 46.6 Å². The second-order valence-corrected chi connectivity index (χ2v) is 11.9. The monoisotopic (exact) mass is 452 g/mol. The molecule has 1 aliphatic carbocycles. The molecule has 0 saturated heterocycles. The number of hydrogen-bond acceptors (Lipinski definition) is 2. The third-order valence-electron chi connectivity index (χ3n) is 7.13. The van der Waals surface area contributed by atoms with E-state index < -0.39 is 0 Å². The highest BCUT2D eigenvalue weighted by molar-refractivity contribution is 5.97. The zero-order chi connectivity index (χ0) is 24.4. The normalized spacial score (nSPS) is 15.6. The van der Waals surface area contributed by atoms with Gasteiger partial charge in [-0.2, -0.15) is 0 Å². The minimum atomic E-state index is -0.104. The van der Waals surface area contributed by atoms with Crippen molar-refractivity contribution in [2.24, 2.45) is 5.92 Å². The molecule has 0 radical (unpaired) electrons. The molecule has 1 saturated carbocycles. The van der Waals surface area contributed by atoms with Gasteiger partial charge in [-0.05, 0) is 71.4 Å². The Hall–Kier alpha value is -2.07. The maximum Gasteiger partial charge on any atom is 0.253 e. The third-order valence-corrected chi connectivity index (χ3v) is 7.13. The van der Waals surface area contributed by atoms with Crippen LogP contribution in [0.3, 0.4) is 0 Å². The van der Waals surface area contributed by atoms with Crippen LogP contribution in [0.1, 0.15) is 101 Å². The molecule has 0 unspecified atom stereocenters. The Kier molecular flexibility index (Phi) is 7.78. The molecular weight excluding hydrogens is 408 g/mol. The van der Waals surface area contributed by atoms with Crippen molar-refractivity contribution in [2.75, 3.05) is 13.2 Å². The molecule has 1 heterocycles. The summed E-state index contributed by atoms with van der Waals surface area (Å²) < 4.78 is 2.39. The van der Waals surface area contributed by atoms with Crippen LogP contribution >= 0.6 is 0 Å². The van der Waals surface area contributed by atoms with E-state index in [4.69, 9.17) is 0 Å². The van der Waals surface area contributed by atoms with Gasteiger partial charge in [0.2, 0.25) is 0 Å². The van der Waals surface area contributed by atoms with Crippen LogP contribution in [-0.2, 0) is 17.4 Å². The Morgan fingerprint density at radius 2 is 1.55 bits per heavy atom. The van der Waals surface area contributed by atoms with Crippen LogP contribution in [0.15, 0.2) is 24.3 Å². The quantitative estimate of drug-likeness (QED) is 0.536. The van der Waals surface area contributed by atoms with Crippen molar-refractivity contribution < 1.29 is 9.90 Å². The molecule has 33 heavy (non-hydrogen) atoms. The first-order chi connectivity index (χ1) is 15.4. The van der Waals surface area contributed by atoms with E-state index in [1.165, 1.54) is 48.8 Å². The summed E-state index contributed by atoms with van der Waals surface area (Å²) in [6, 6.07) is 9.05. The van der Waals surface area contributed by atoms with E-state index >= 15 is 0 Å². The molecule has 1 fully saturated rings. The minimum absolute atomic E-state index is 0.0349. The van der Waals surface area contributed by atoms with E-state index in [1.54, 1.807) is 0 Å². The van der Waals surface area contributed by atoms with E-state index in [0.717, 1.165) is 17.9 Å². The number of aliphatic hydroxyl groups excluding tert-OH is 1. The molecule has 0 bridgehead atoms. The average molecular weight is 453 g/mol. The van der Waals surface area contributed by atoms with Gasteiger partial charge in [0, 0.05) is 24.5 Å². The summed E-state index contributed by atoms with van der Waals surface area (Å²) in [5, 5.41) is 12.0. The standard InChI is InChI=1S/C29H44N2O2/c1-20-25(27(33)30-13-14-32)18-26(31(20)19-21-11-9-8-10-12-21)22-15-23(28(2,3)4)17-24(16-22)29(5,6)7/h15-18,21,32H,8-14,19H2,1-7H3,(H,30,33). The van der Waals surface area contributed by atoms with Gasteiger partial charge in [-0.1, -0.05) is 66.9 Å². The summed E-state index contributed by atoms with van der Waals surface area (Å²) in [5.41, 5.74) is 6.76. The molecule has 1 aliphatic rings. The van der Waals surface area contributed by atoms with E-state index in [1.807, 2.05) is 0 Å². The lowest BCUT2D eigenvalue weighted by Gasteiger charge is -2.27. The number of benzene rings is 1. The van der Waals surface area contributed by atoms with Crippen LogP contribution in [-0.4, -0.2) is 28.7 Å². The fraction of sp³-hybridized carbons (Fsp3) is 0.621. The van der Waals surface area contributed by atoms with Gasteiger partial charge in [-0.15, -0.1) is 0 Å². The first kappa shape index (κ1) is 25.6. The van der Waals surface area contributed by atoms with Crippen LogP contribution in [0.25, 0.3) is 11.3 Å². The van der Waals surface area contributed by atoms with E-state index in [9.17, 15) is 9.90 Å². The summed E-state index contributed by atoms with van der Waals surface area (Å²) >= 11 is 0. The van der Waals surface area contributed by atoms with Crippen molar-refractivity contribution in [2.45, 2.75) is 97.9 Å². The van der Waals surface area contributed by atoms with Crippen molar-refractivity contribution in [1.82, 2.24) is 9.88 Å². The molecule has 2 aromatic rings. The first-order valence-corrected chi connectivity index (χ1v) is 12.7. The molecule has 4 heteroatoms. The molecule has 4 nitrogen and oxygen atoms in total. The van der Waals surface area contributed by atoms with E-state index in [2.05, 4.69) is 82.6 Å². The molecule has 0 spiro atoms. The predicted molar refractivity (Wildman–Crippen MR) is 138 cm³/mol. The molecule has 182 valence electrons. The second kappa shape index (κ2) is 10.0. The summed E-state index contributed by atoms with van der Waals surface area (Å²) in [6.07, 6.45) is 6.47. The predicted octanol–water partition coefficient (Wildman–Crippen LogP) is 6.36. The summed E-state index contributed by atoms with van der Waals surface area (Å²) in [5.74, 6) is 0.554. The molecule has 0 aliphatic heterocycles. The summed E-state index contributed by atoms with van der Waals surface area (Å²) in [7, 11) is 0. The summed E-state index contributed by atoms with van der Waals surface area (Å²) in [4.78, 5) is 12.9. The highest BCUT2D eigenvalue weighted by atomic mass is 16.3. The Bertz CT molecular complexity index is 934. The van der Waals surface area contributed by atoms with Crippen molar-refractivity contribution in [3.8, 4) is 11.3 Å². The fourth-order valence-electron chi connectivity index (χ4n) is 4.88.